The van der Waals surface area contributed by atoms with Gasteiger partial charge in [0.05, 0.1) is 22.5 Å². The second-order valence-electron chi connectivity index (χ2n) is 7.60. The number of terminal acetylenes is 1. The number of para-hydroxylation sites is 1. The first-order chi connectivity index (χ1) is 17.0. The van der Waals surface area contributed by atoms with E-state index in [0.29, 0.717) is 36.5 Å². The van der Waals surface area contributed by atoms with Gasteiger partial charge in [0.25, 0.3) is 5.56 Å². The minimum Gasteiger partial charge on any atom is -0.478 e. The molecule has 0 radical (unpaired) electrons. The van der Waals surface area contributed by atoms with Crippen LogP contribution in [0, 0.1) is 12.3 Å². The van der Waals surface area contributed by atoms with E-state index in [9.17, 15) is 32.7 Å². The van der Waals surface area contributed by atoms with Crippen LogP contribution in [0.1, 0.15) is 12.1 Å². The first kappa shape index (κ1) is 24.7. The van der Waals surface area contributed by atoms with Crippen molar-refractivity contribution in [1.29, 1.82) is 0 Å². The van der Waals surface area contributed by atoms with Crippen LogP contribution >= 0.6 is 11.5 Å². The molecule has 2 aromatic carbocycles. The third-order valence-electron chi connectivity index (χ3n) is 5.31. The van der Waals surface area contributed by atoms with Crippen molar-refractivity contribution in [3.8, 4) is 35.0 Å². The fraction of sp³-hybridized carbons (Fsp3) is 0.167. The zero-order valence-electron chi connectivity index (χ0n) is 18.4. The van der Waals surface area contributed by atoms with Crippen LogP contribution in [-0.4, -0.2) is 30.7 Å². The summed E-state index contributed by atoms with van der Waals surface area (Å²) in [6.07, 6.45) is -1.11. The predicted molar refractivity (Wildman–Crippen MR) is 126 cm³/mol. The van der Waals surface area contributed by atoms with Gasteiger partial charge in [0.2, 0.25) is 6.10 Å². The molecule has 8 nitrogen and oxygen atoms in total. The highest BCUT2D eigenvalue weighted by atomic mass is 32.1. The van der Waals surface area contributed by atoms with Crippen molar-refractivity contribution in [3.05, 3.63) is 75.1 Å². The summed E-state index contributed by atoms with van der Waals surface area (Å²) >= 11 is 1.10. The highest BCUT2D eigenvalue weighted by Crippen LogP contribution is 2.37. The van der Waals surface area contributed by atoms with Crippen LogP contribution in [0.4, 0.5) is 13.2 Å². The number of hydrogen-bond acceptors (Lipinski definition) is 6. The van der Waals surface area contributed by atoms with Crippen molar-refractivity contribution >= 4 is 27.6 Å². The number of nitrogens with zero attached hydrogens (tertiary/aromatic N) is 3. The smallest absolute Gasteiger partial charge is 0.431 e. The third kappa shape index (κ3) is 4.48. The Morgan fingerprint density at radius 3 is 2.61 bits per heavy atom. The normalized spacial score (nSPS) is 12.3. The molecule has 0 bridgehead atoms. The van der Waals surface area contributed by atoms with Crippen LogP contribution in [0.15, 0.2) is 58.1 Å². The standard InChI is InChI=1S/C24H16F3N3O5S/c1-3-6-17(22(32)33)35-16-8-5-4-7-14(16)21-15-11-13(9-10-18(15)36-28-21)30-20(31)12-19(24(25,26)27)29(2)23(30)34/h1,4-5,7-12,17H,6H2,2H3,(H,32,33). The lowest BCUT2D eigenvalue weighted by molar-refractivity contribution is -0.145. The Bertz CT molecular complexity index is 1650. The first-order valence-corrected chi connectivity index (χ1v) is 11.0. The minimum atomic E-state index is -4.88. The summed E-state index contributed by atoms with van der Waals surface area (Å²) < 4.78 is 51.3. The highest BCUT2D eigenvalue weighted by Gasteiger charge is 2.35. The second-order valence-corrected chi connectivity index (χ2v) is 8.41. The van der Waals surface area contributed by atoms with Gasteiger partial charge in [-0.1, -0.05) is 12.1 Å². The molecule has 0 saturated heterocycles. The Kier molecular flexibility index (Phi) is 6.43. The summed E-state index contributed by atoms with van der Waals surface area (Å²) in [4.78, 5) is 36.8. The number of fused-ring (bicyclic) bond motifs is 1. The molecule has 0 aliphatic heterocycles. The Morgan fingerprint density at radius 2 is 1.94 bits per heavy atom. The number of benzene rings is 2. The van der Waals surface area contributed by atoms with E-state index in [0.717, 1.165) is 18.6 Å². The fourth-order valence-corrected chi connectivity index (χ4v) is 4.37. The molecule has 1 N–H and O–H groups in total. The maximum Gasteiger partial charge on any atom is 0.431 e. The van der Waals surface area contributed by atoms with E-state index in [1.807, 2.05) is 0 Å². The van der Waals surface area contributed by atoms with Gasteiger partial charge in [-0.05, 0) is 41.9 Å². The molecular weight excluding hydrogens is 499 g/mol. The third-order valence-corrected chi connectivity index (χ3v) is 6.14. The van der Waals surface area contributed by atoms with Crippen molar-refractivity contribution in [3.63, 3.8) is 0 Å². The highest BCUT2D eigenvalue weighted by molar-refractivity contribution is 7.13. The number of halogens is 3. The van der Waals surface area contributed by atoms with E-state index in [2.05, 4.69) is 10.3 Å². The number of aliphatic carboxylic acids is 1. The van der Waals surface area contributed by atoms with E-state index in [4.69, 9.17) is 11.2 Å². The number of carbonyl (C=O) groups is 1. The molecule has 2 aromatic heterocycles. The molecule has 0 amide bonds. The summed E-state index contributed by atoms with van der Waals surface area (Å²) in [5.41, 5.74) is -2.83. The number of alkyl halides is 3. The number of rotatable bonds is 6. The SMILES string of the molecule is C#CCC(Oc1ccccc1-c1nsc2ccc(-n3c(=O)cc(C(F)(F)F)n(C)c3=O)cc12)C(=O)O. The van der Waals surface area contributed by atoms with Crippen molar-refractivity contribution in [2.75, 3.05) is 0 Å². The van der Waals surface area contributed by atoms with Crippen LogP contribution in [0.5, 0.6) is 5.75 Å². The molecule has 4 rings (SSSR count). The van der Waals surface area contributed by atoms with Gasteiger partial charge in [-0.3, -0.25) is 9.36 Å². The lowest BCUT2D eigenvalue weighted by Crippen LogP contribution is -2.40. The summed E-state index contributed by atoms with van der Waals surface area (Å²) in [7, 11) is 0.930. The molecule has 0 fully saturated rings. The molecular formula is C24H16F3N3O5S. The first-order valence-electron chi connectivity index (χ1n) is 10.3. The molecule has 0 aliphatic rings. The maximum absolute atomic E-state index is 13.2. The van der Waals surface area contributed by atoms with E-state index in [1.54, 1.807) is 30.3 Å². The summed E-state index contributed by atoms with van der Waals surface area (Å²) in [6, 6.07) is 11.3. The maximum atomic E-state index is 13.2. The fourth-order valence-electron chi connectivity index (χ4n) is 3.60. The molecule has 2 heterocycles. The zero-order valence-corrected chi connectivity index (χ0v) is 19.3. The monoisotopic (exact) mass is 515 g/mol. The number of aromatic nitrogens is 3. The van der Waals surface area contributed by atoms with E-state index >= 15 is 0 Å². The van der Waals surface area contributed by atoms with Crippen molar-refractivity contribution in [2.45, 2.75) is 18.7 Å². The van der Waals surface area contributed by atoms with Gasteiger partial charge < -0.3 is 9.84 Å². The average Bonchev–Trinajstić information content (AvgIpc) is 3.24. The van der Waals surface area contributed by atoms with Gasteiger partial charge in [0.1, 0.15) is 11.4 Å². The van der Waals surface area contributed by atoms with Crippen LogP contribution in [0.2, 0.25) is 0 Å². The lowest BCUT2D eigenvalue weighted by Gasteiger charge is -2.16. The Balaban J connectivity index is 1.87. The average molecular weight is 515 g/mol. The molecule has 36 heavy (non-hydrogen) atoms. The topological polar surface area (TPSA) is 103 Å². The largest absolute Gasteiger partial charge is 0.478 e. The van der Waals surface area contributed by atoms with Crippen molar-refractivity contribution in [1.82, 2.24) is 13.5 Å². The lowest BCUT2D eigenvalue weighted by atomic mass is 10.1. The molecule has 1 unspecified atom stereocenters. The molecule has 1 atom stereocenters. The zero-order chi connectivity index (χ0) is 26.2. The molecule has 4 aromatic rings. The molecule has 0 spiro atoms. The van der Waals surface area contributed by atoms with E-state index < -0.39 is 35.2 Å². The van der Waals surface area contributed by atoms with E-state index in [1.165, 1.54) is 12.1 Å². The van der Waals surface area contributed by atoms with Crippen LogP contribution in [0.3, 0.4) is 0 Å². The van der Waals surface area contributed by atoms with Gasteiger partial charge in [-0.2, -0.15) is 17.5 Å². The number of ether oxygens (including phenoxy) is 1. The van der Waals surface area contributed by atoms with Gasteiger partial charge in [-0.25, -0.2) is 14.2 Å². The second kappa shape index (κ2) is 9.35. The van der Waals surface area contributed by atoms with Gasteiger partial charge in [-0.15, -0.1) is 12.3 Å². The van der Waals surface area contributed by atoms with Crippen molar-refractivity contribution < 1.29 is 27.8 Å². The van der Waals surface area contributed by atoms with Crippen LogP contribution in [0.25, 0.3) is 27.0 Å². The quantitative estimate of drug-likeness (QED) is 0.393. The van der Waals surface area contributed by atoms with Crippen LogP contribution < -0.4 is 16.0 Å². The predicted octanol–water partition coefficient (Wildman–Crippen LogP) is 3.69. The molecule has 12 heteroatoms. The molecule has 0 saturated carbocycles. The molecule has 0 aliphatic carbocycles. The Morgan fingerprint density at radius 1 is 1.22 bits per heavy atom. The Hall–Kier alpha value is -4.37. The minimum absolute atomic E-state index is 0.0393. The summed E-state index contributed by atoms with van der Waals surface area (Å²) in [6.45, 7) is 0. The summed E-state index contributed by atoms with van der Waals surface area (Å²) in [5.74, 6) is 1.20. The van der Waals surface area contributed by atoms with Gasteiger partial charge in [0, 0.05) is 24.1 Å². The van der Waals surface area contributed by atoms with Gasteiger partial charge in [0.15, 0.2) is 0 Å². The summed E-state index contributed by atoms with van der Waals surface area (Å²) in [5, 5.41) is 9.88. The number of carboxylic acids is 1. The van der Waals surface area contributed by atoms with Gasteiger partial charge >= 0.3 is 17.8 Å². The molecule has 184 valence electrons. The Labute approximate surface area is 205 Å². The van der Waals surface area contributed by atoms with E-state index in [-0.39, 0.29) is 17.9 Å². The number of hydrogen-bond donors (Lipinski definition) is 1. The number of carboxylic acid groups (broad SMARTS) is 1. The van der Waals surface area contributed by atoms with Crippen molar-refractivity contribution in [2.24, 2.45) is 7.05 Å². The van der Waals surface area contributed by atoms with Crippen LogP contribution in [-0.2, 0) is 18.0 Å².